The van der Waals surface area contributed by atoms with Gasteiger partial charge in [-0.25, -0.2) is 0 Å². The van der Waals surface area contributed by atoms with Gasteiger partial charge in [0.25, 0.3) is 6.47 Å². The second kappa shape index (κ2) is 1.47. The first-order valence-electron chi connectivity index (χ1n) is 4.36. The standard InChI is InChI=1S/C9H12O2/c1-9-3-5-2-6(9)7(9)8(5)11-4-10/h4-8H,2-3H2,1H3/t5-,6+,7+,8+,9-/m0/s1. The Bertz CT molecular complexity index is 226. The predicted octanol–water partition coefficient (Wildman–Crippen LogP) is 1.20. The molecule has 4 saturated carbocycles. The Kier molecular flexibility index (Phi) is 0.809. The molecule has 0 N–H and O–H groups in total. The van der Waals surface area contributed by atoms with Crippen LogP contribution < -0.4 is 0 Å². The van der Waals surface area contributed by atoms with Crippen molar-refractivity contribution in [3.63, 3.8) is 0 Å². The van der Waals surface area contributed by atoms with Gasteiger partial charge in [0.1, 0.15) is 6.10 Å². The van der Waals surface area contributed by atoms with Crippen LogP contribution in [0.1, 0.15) is 19.8 Å². The molecule has 4 rings (SSSR count). The van der Waals surface area contributed by atoms with Gasteiger partial charge >= 0.3 is 0 Å². The highest BCUT2D eigenvalue weighted by Gasteiger charge is 2.77. The van der Waals surface area contributed by atoms with Crippen molar-refractivity contribution in [2.24, 2.45) is 23.2 Å². The molecule has 11 heavy (non-hydrogen) atoms. The van der Waals surface area contributed by atoms with Crippen molar-refractivity contribution >= 4 is 6.47 Å². The van der Waals surface area contributed by atoms with E-state index in [2.05, 4.69) is 6.92 Å². The maximum Gasteiger partial charge on any atom is 0.293 e. The summed E-state index contributed by atoms with van der Waals surface area (Å²) in [5, 5.41) is 0. The zero-order valence-electron chi connectivity index (χ0n) is 6.62. The number of carbonyl (C=O) groups is 1. The minimum atomic E-state index is 0.294. The number of hydrogen-bond acceptors (Lipinski definition) is 2. The van der Waals surface area contributed by atoms with E-state index >= 15 is 0 Å². The van der Waals surface area contributed by atoms with Gasteiger partial charge in [-0.05, 0) is 30.1 Å². The molecule has 5 atom stereocenters. The molecule has 0 heterocycles. The number of hydrogen-bond donors (Lipinski definition) is 0. The molecule has 0 aromatic carbocycles. The quantitative estimate of drug-likeness (QED) is 0.556. The van der Waals surface area contributed by atoms with Crippen LogP contribution in [0.4, 0.5) is 0 Å². The van der Waals surface area contributed by atoms with E-state index in [1.165, 1.54) is 12.8 Å². The molecule has 0 amide bonds. The summed E-state index contributed by atoms with van der Waals surface area (Å²) in [6, 6.07) is 0. The maximum absolute atomic E-state index is 10.2. The van der Waals surface area contributed by atoms with E-state index in [1.807, 2.05) is 0 Å². The lowest BCUT2D eigenvalue weighted by Crippen LogP contribution is -2.15. The molecule has 0 saturated heterocycles. The van der Waals surface area contributed by atoms with Gasteiger partial charge in [-0.3, -0.25) is 4.79 Å². The van der Waals surface area contributed by atoms with Crippen molar-refractivity contribution in [2.75, 3.05) is 0 Å². The van der Waals surface area contributed by atoms with E-state index in [0.717, 1.165) is 11.8 Å². The van der Waals surface area contributed by atoms with Gasteiger partial charge < -0.3 is 4.74 Å². The molecule has 0 aromatic heterocycles. The largest absolute Gasteiger partial charge is 0.464 e. The second-order valence-electron chi connectivity index (χ2n) is 4.53. The topological polar surface area (TPSA) is 26.3 Å². The summed E-state index contributed by atoms with van der Waals surface area (Å²) in [5.41, 5.74) is 0.582. The molecule has 0 radical (unpaired) electrons. The summed E-state index contributed by atoms with van der Waals surface area (Å²) < 4.78 is 5.10. The van der Waals surface area contributed by atoms with Crippen molar-refractivity contribution in [1.29, 1.82) is 0 Å². The van der Waals surface area contributed by atoms with Gasteiger partial charge in [0.05, 0.1) is 0 Å². The molecule has 0 aromatic rings. The molecule has 0 unspecified atom stereocenters. The van der Waals surface area contributed by atoms with Crippen LogP contribution in [0.5, 0.6) is 0 Å². The van der Waals surface area contributed by atoms with E-state index < -0.39 is 0 Å². The molecule has 2 heteroatoms. The van der Waals surface area contributed by atoms with Crippen molar-refractivity contribution in [1.82, 2.24) is 0 Å². The lowest BCUT2D eigenvalue weighted by molar-refractivity contribution is -0.135. The Morgan fingerprint density at radius 1 is 1.64 bits per heavy atom. The first kappa shape index (κ1) is 6.04. The molecule has 4 bridgehead atoms. The molecule has 4 aliphatic carbocycles. The third-order valence-corrected chi connectivity index (χ3v) is 4.22. The van der Waals surface area contributed by atoms with E-state index in [9.17, 15) is 4.79 Å². The Labute approximate surface area is 65.9 Å². The minimum absolute atomic E-state index is 0.294. The maximum atomic E-state index is 10.2. The van der Waals surface area contributed by atoms with Crippen LogP contribution in [-0.2, 0) is 9.53 Å². The zero-order valence-corrected chi connectivity index (χ0v) is 6.62. The Morgan fingerprint density at radius 2 is 2.45 bits per heavy atom. The molecule has 0 aliphatic heterocycles. The highest BCUT2D eigenvalue weighted by molar-refractivity contribution is 5.40. The van der Waals surface area contributed by atoms with Crippen molar-refractivity contribution < 1.29 is 9.53 Å². The Morgan fingerprint density at radius 3 is 2.82 bits per heavy atom. The van der Waals surface area contributed by atoms with Crippen LogP contribution in [-0.4, -0.2) is 12.6 Å². The molecule has 2 nitrogen and oxygen atoms in total. The lowest BCUT2D eigenvalue weighted by atomic mass is 10.1. The zero-order chi connectivity index (χ0) is 7.64. The molecular weight excluding hydrogens is 140 g/mol. The molecule has 4 fully saturated rings. The SMILES string of the molecule is C[C@]12C[C@@H]3C[C@@H]1[C@@H]2[C@@H]3OC=O. The first-order valence-corrected chi connectivity index (χ1v) is 4.36. The van der Waals surface area contributed by atoms with Crippen LogP contribution >= 0.6 is 0 Å². The van der Waals surface area contributed by atoms with Crippen LogP contribution in [0.2, 0.25) is 0 Å². The Balaban J connectivity index is 1.88. The number of carbonyl (C=O) groups excluding carboxylic acids is 1. The van der Waals surface area contributed by atoms with Crippen LogP contribution in [0.25, 0.3) is 0 Å². The lowest BCUT2D eigenvalue weighted by Gasteiger charge is -2.10. The van der Waals surface area contributed by atoms with Gasteiger partial charge in [-0.15, -0.1) is 0 Å². The number of rotatable bonds is 2. The number of ether oxygens (including phenoxy) is 1. The van der Waals surface area contributed by atoms with Crippen molar-refractivity contribution in [3.8, 4) is 0 Å². The molecular formula is C9H12O2. The van der Waals surface area contributed by atoms with Gasteiger partial charge in [-0.2, -0.15) is 0 Å². The monoisotopic (exact) mass is 152 g/mol. The molecule has 4 aliphatic rings. The van der Waals surface area contributed by atoms with Gasteiger partial charge in [-0.1, -0.05) is 6.92 Å². The Hall–Kier alpha value is -0.530. The fourth-order valence-electron chi connectivity index (χ4n) is 3.78. The van der Waals surface area contributed by atoms with E-state index in [4.69, 9.17) is 4.74 Å². The van der Waals surface area contributed by atoms with E-state index in [0.29, 0.717) is 23.9 Å². The summed E-state index contributed by atoms with van der Waals surface area (Å²) in [4.78, 5) is 10.2. The fourth-order valence-corrected chi connectivity index (χ4v) is 3.78. The highest BCUT2D eigenvalue weighted by atomic mass is 16.5. The molecule has 60 valence electrons. The second-order valence-corrected chi connectivity index (χ2v) is 4.53. The summed E-state index contributed by atoms with van der Waals surface area (Å²) >= 11 is 0. The first-order chi connectivity index (χ1) is 5.27. The third kappa shape index (κ3) is 0.472. The summed E-state index contributed by atoms with van der Waals surface area (Å²) in [6.45, 7) is 2.97. The van der Waals surface area contributed by atoms with E-state index in [1.54, 1.807) is 0 Å². The van der Waals surface area contributed by atoms with Crippen molar-refractivity contribution in [2.45, 2.75) is 25.9 Å². The average Bonchev–Trinajstić information content (AvgIpc) is 2.37. The van der Waals surface area contributed by atoms with Gasteiger partial charge in [0.2, 0.25) is 0 Å². The van der Waals surface area contributed by atoms with Gasteiger partial charge in [0.15, 0.2) is 0 Å². The average molecular weight is 152 g/mol. The van der Waals surface area contributed by atoms with Gasteiger partial charge in [0, 0.05) is 5.92 Å². The summed E-state index contributed by atoms with van der Waals surface area (Å²) in [5.74, 6) is 2.34. The highest BCUT2D eigenvalue weighted by Crippen LogP contribution is 2.79. The smallest absolute Gasteiger partial charge is 0.293 e. The molecule has 0 spiro atoms. The fraction of sp³-hybridized carbons (Fsp3) is 0.889. The summed E-state index contributed by atoms with van der Waals surface area (Å²) in [6.07, 6.45) is 2.92. The van der Waals surface area contributed by atoms with E-state index in [-0.39, 0.29) is 0 Å². The van der Waals surface area contributed by atoms with Crippen LogP contribution in [0.3, 0.4) is 0 Å². The summed E-state index contributed by atoms with van der Waals surface area (Å²) in [7, 11) is 0. The van der Waals surface area contributed by atoms with Crippen LogP contribution in [0, 0.1) is 23.2 Å². The van der Waals surface area contributed by atoms with Crippen molar-refractivity contribution in [3.05, 3.63) is 0 Å². The van der Waals surface area contributed by atoms with Crippen LogP contribution in [0.15, 0.2) is 0 Å². The normalized spacial score (nSPS) is 63.0. The minimum Gasteiger partial charge on any atom is -0.464 e. The third-order valence-electron chi connectivity index (χ3n) is 4.22. The predicted molar refractivity (Wildman–Crippen MR) is 38.7 cm³/mol.